The fourth-order valence-electron chi connectivity index (χ4n) is 1.14. The van der Waals surface area contributed by atoms with E-state index < -0.39 is 0 Å². The van der Waals surface area contributed by atoms with E-state index in [9.17, 15) is 0 Å². The number of hydrogen-bond acceptors (Lipinski definition) is 4. The molecule has 1 rings (SSSR count). The van der Waals surface area contributed by atoms with E-state index in [-0.39, 0.29) is 12.1 Å². The first-order valence-corrected chi connectivity index (χ1v) is 5.66. The third-order valence-electron chi connectivity index (χ3n) is 1.93. The summed E-state index contributed by atoms with van der Waals surface area (Å²) >= 11 is 1.72. The molecule has 1 atom stereocenters. The van der Waals surface area contributed by atoms with Crippen LogP contribution in [0.2, 0.25) is 0 Å². The molecule has 14 heavy (non-hydrogen) atoms. The van der Waals surface area contributed by atoms with Gasteiger partial charge in [-0.1, -0.05) is 0 Å². The highest BCUT2D eigenvalue weighted by Gasteiger charge is 2.12. The van der Waals surface area contributed by atoms with E-state index in [0.717, 1.165) is 5.01 Å². The quantitative estimate of drug-likeness (QED) is 0.815. The minimum atomic E-state index is 0.267. The molecule has 4 heteroatoms. The van der Waals surface area contributed by atoms with E-state index in [1.165, 1.54) is 4.88 Å². The fraction of sp³-hybridized carbons (Fsp3) is 0.700. The second-order valence-corrected chi connectivity index (χ2v) is 4.77. The molecular formula is C10H18N2OS. The number of thiazole rings is 1. The summed E-state index contributed by atoms with van der Waals surface area (Å²) in [5.74, 6) is 0. The lowest BCUT2D eigenvalue weighted by atomic mass is 10.3. The van der Waals surface area contributed by atoms with Crippen LogP contribution in [0, 0.1) is 6.92 Å². The third kappa shape index (κ3) is 3.36. The predicted molar refractivity (Wildman–Crippen MR) is 59.7 cm³/mol. The van der Waals surface area contributed by atoms with Crippen LogP contribution in [-0.2, 0) is 4.74 Å². The van der Waals surface area contributed by atoms with E-state index in [0.29, 0.717) is 6.61 Å². The molecular weight excluding hydrogens is 196 g/mol. The Morgan fingerprint density at radius 3 is 2.71 bits per heavy atom. The summed E-state index contributed by atoms with van der Waals surface area (Å²) in [6.07, 6.45) is 2.20. The Morgan fingerprint density at radius 2 is 2.29 bits per heavy atom. The largest absolute Gasteiger partial charge is 0.377 e. The molecule has 3 nitrogen and oxygen atoms in total. The normalized spacial score (nSPS) is 13.5. The highest BCUT2D eigenvalue weighted by atomic mass is 32.1. The zero-order chi connectivity index (χ0) is 10.6. The molecule has 0 saturated heterocycles. The van der Waals surface area contributed by atoms with Crippen molar-refractivity contribution in [1.29, 1.82) is 0 Å². The Labute approximate surface area is 89.5 Å². The van der Waals surface area contributed by atoms with Crippen molar-refractivity contribution in [2.75, 3.05) is 13.7 Å². The molecule has 1 aromatic rings. The molecule has 1 unspecified atom stereocenters. The zero-order valence-corrected chi connectivity index (χ0v) is 10.0. The van der Waals surface area contributed by atoms with Gasteiger partial charge in [0.05, 0.1) is 23.8 Å². The van der Waals surface area contributed by atoms with Gasteiger partial charge in [-0.05, 0) is 27.8 Å². The van der Waals surface area contributed by atoms with Gasteiger partial charge in [0.2, 0.25) is 0 Å². The van der Waals surface area contributed by atoms with Gasteiger partial charge in [0.25, 0.3) is 0 Å². The topological polar surface area (TPSA) is 34.1 Å². The minimum Gasteiger partial charge on any atom is -0.377 e. The van der Waals surface area contributed by atoms with Crippen LogP contribution in [0.1, 0.15) is 29.8 Å². The van der Waals surface area contributed by atoms with Gasteiger partial charge in [0.15, 0.2) is 0 Å². The summed E-state index contributed by atoms with van der Waals surface area (Å²) < 4.78 is 5.57. The molecule has 1 N–H and O–H groups in total. The molecule has 0 amide bonds. The van der Waals surface area contributed by atoms with Crippen molar-refractivity contribution in [3.8, 4) is 0 Å². The van der Waals surface area contributed by atoms with Gasteiger partial charge >= 0.3 is 0 Å². The van der Waals surface area contributed by atoms with Crippen molar-refractivity contribution >= 4 is 11.3 Å². The van der Waals surface area contributed by atoms with Crippen LogP contribution in [0.15, 0.2) is 6.20 Å². The van der Waals surface area contributed by atoms with Crippen molar-refractivity contribution in [2.45, 2.75) is 32.9 Å². The van der Waals surface area contributed by atoms with Crippen LogP contribution in [0.5, 0.6) is 0 Å². The summed E-state index contributed by atoms with van der Waals surface area (Å²) in [7, 11) is 1.95. The molecule has 1 aromatic heterocycles. The SMILES string of the molecule is CNC(COC(C)C)c1cnc(C)s1. The van der Waals surface area contributed by atoms with Gasteiger partial charge in [0, 0.05) is 11.1 Å². The highest BCUT2D eigenvalue weighted by molar-refractivity contribution is 7.11. The number of nitrogens with one attached hydrogen (secondary N) is 1. The van der Waals surface area contributed by atoms with Crippen molar-refractivity contribution in [3.63, 3.8) is 0 Å². The van der Waals surface area contributed by atoms with Gasteiger partial charge < -0.3 is 10.1 Å². The molecule has 0 bridgehead atoms. The van der Waals surface area contributed by atoms with E-state index in [1.807, 2.05) is 34.0 Å². The highest BCUT2D eigenvalue weighted by Crippen LogP contribution is 2.20. The minimum absolute atomic E-state index is 0.267. The van der Waals surface area contributed by atoms with Gasteiger partial charge in [0.1, 0.15) is 0 Å². The lowest BCUT2D eigenvalue weighted by Gasteiger charge is -2.16. The summed E-state index contributed by atoms with van der Waals surface area (Å²) in [4.78, 5) is 5.48. The first kappa shape index (κ1) is 11.6. The summed E-state index contributed by atoms with van der Waals surface area (Å²) in [5, 5.41) is 4.33. The van der Waals surface area contributed by atoms with Crippen molar-refractivity contribution in [2.24, 2.45) is 0 Å². The van der Waals surface area contributed by atoms with Gasteiger partial charge in [-0.3, -0.25) is 0 Å². The number of aromatic nitrogens is 1. The summed E-state index contributed by atoms with van der Waals surface area (Å²) in [5.41, 5.74) is 0. The van der Waals surface area contributed by atoms with E-state index in [2.05, 4.69) is 10.3 Å². The Hall–Kier alpha value is -0.450. The van der Waals surface area contributed by atoms with Gasteiger partial charge in [-0.15, -0.1) is 11.3 Å². The molecule has 0 saturated carbocycles. The van der Waals surface area contributed by atoms with E-state index in [1.54, 1.807) is 11.3 Å². The second-order valence-electron chi connectivity index (χ2n) is 3.50. The lowest BCUT2D eigenvalue weighted by molar-refractivity contribution is 0.0632. The second kappa shape index (κ2) is 5.44. The summed E-state index contributed by atoms with van der Waals surface area (Å²) in [6.45, 7) is 6.81. The number of likely N-dealkylation sites (N-methyl/N-ethyl adjacent to an activating group) is 1. The number of aryl methyl sites for hydroxylation is 1. The Morgan fingerprint density at radius 1 is 1.57 bits per heavy atom. The van der Waals surface area contributed by atoms with Crippen LogP contribution in [0.4, 0.5) is 0 Å². The molecule has 0 aliphatic rings. The number of hydrogen-bond donors (Lipinski definition) is 1. The van der Waals surface area contributed by atoms with Gasteiger partial charge in [-0.2, -0.15) is 0 Å². The van der Waals surface area contributed by atoms with Gasteiger partial charge in [-0.25, -0.2) is 4.98 Å². The standard InChI is InChI=1S/C10H18N2OS/c1-7(2)13-6-9(11-4)10-5-12-8(3)14-10/h5,7,9,11H,6H2,1-4H3. The van der Waals surface area contributed by atoms with Crippen LogP contribution < -0.4 is 5.32 Å². The maximum atomic E-state index is 5.57. The monoisotopic (exact) mass is 214 g/mol. The molecule has 0 spiro atoms. The molecule has 0 aliphatic heterocycles. The maximum absolute atomic E-state index is 5.57. The third-order valence-corrected chi connectivity index (χ3v) is 2.95. The van der Waals surface area contributed by atoms with E-state index >= 15 is 0 Å². The Bertz CT molecular complexity index is 273. The molecule has 0 radical (unpaired) electrons. The molecule has 0 aromatic carbocycles. The first-order valence-electron chi connectivity index (χ1n) is 4.84. The van der Waals surface area contributed by atoms with Crippen molar-refractivity contribution in [1.82, 2.24) is 10.3 Å². The number of rotatable bonds is 5. The van der Waals surface area contributed by atoms with Crippen LogP contribution >= 0.6 is 11.3 Å². The molecule has 1 heterocycles. The summed E-state index contributed by atoms with van der Waals surface area (Å²) in [6, 6.07) is 0.267. The number of nitrogens with zero attached hydrogens (tertiary/aromatic N) is 1. The average Bonchev–Trinajstić information content (AvgIpc) is 2.53. The Balaban J connectivity index is 2.54. The van der Waals surface area contributed by atoms with Crippen LogP contribution in [0.3, 0.4) is 0 Å². The Kier molecular flexibility index (Phi) is 4.51. The van der Waals surface area contributed by atoms with Crippen LogP contribution in [0.25, 0.3) is 0 Å². The fourth-order valence-corrected chi connectivity index (χ4v) is 2.02. The predicted octanol–water partition coefficient (Wildman–Crippen LogP) is 2.14. The number of ether oxygens (including phenoxy) is 1. The molecule has 0 aliphatic carbocycles. The molecule has 0 fully saturated rings. The smallest absolute Gasteiger partial charge is 0.0897 e. The molecule has 80 valence electrons. The van der Waals surface area contributed by atoms with E-state index in [4.69, 9.17) is 4.74 Å². The average molecular weight is 214 g/mol. The van der Waals surface area contributed by atoms with Crippen molar-refractivity contribution < 1.29 is 4.74 Å². The first-order chi connectivity index (χ1) is 6.63. The lowest BCUT2D eigenvalue weighted by Crippen LogP contribution is -2.22. The van der Waals surface area contributed by atoms with Crippen molar-refractivity contribution in [3.05, 3.63) is 16.1 Å². The zero-order valence-electron chi connectivity index (χ0n) is 9.20. The van der Waals surface area contributed by atoms with Crippen LogP contribution in [-0.4, -0.2) is 24.7 Å². The maximum Gasteiger partial charge on any atom is 0.0897 e.